The van der Waals surface area contributed by atoms with Gasteiger partial charge in [-0.15, -0.1) is 6.42 Å². The topological polar surface area (TPSA) is 0 Å². The zero-order valence-corrected chi connectivity index (χ0v) is 12.3. The van der Waals surface area contributed by atoms with Crippen molar-refractivity contribution in [3.05, 3.63) is 53.9 Å². The van der Waals surface area contributed by atoms with Gasteiger partial charge in [0.1, 0.15) is 17.4 Å². The Balaban J connectivity index is 2.29. The number of unbranched alkanes of at least 4 members (excludes halogenated alkanes) is 2. The molecule has 0 amide bonds. The highest BCUT2D eigenvalue weighted by Crippen LogP contribution is 2.44. The number of allylic oxidation sites excluding steroid dienone is 4. The first-order valence-electron chi connectivity index (χ1n) is 7.41. The van der Waals surface area contributed by atoms with Gasteiger partial charge in [-0.25, -0.2) is 8.78 Å². The van der Waals surface area contributed by atoms with Crippen LogP contribution >= 0.6 is 0 Å². The van der Waals surface area contributed by atoms with E-state index in [0.717, 1.165) is 24.8 Å². The van der Waals surface area contributed by atoms with E-state index < -0.39 is 17.4 Å². The van der Waals surface area contributed by atoms with Gasteiger partial charge in [-0.05, 0) is 29.7 Å². The Hall–Kier alpha value is -1.88. The Kier molecular flexibility index (Phi) is 4.96. The van der Waals surface area contributed by atoms with Crippen LogP contribution < -0.4 is 0 Å². The maximum atomic E-state index is 14.6. The van der Waals surface area contributed by atoms with E-state index in [4.69, 9.17) is 6.42 Å². The van der Waals surface area contributed by atoms with E-state index >= 15 is 0 Å². The van der Waals surface area contributed by atoms with Crippen LogP contribution in [0.15, 0.2) is 48.3 Å². The molecule has 0 fully saturated rings. The molecule has 0 spiro atoms. The van der Waals surface area contributed by atoms with Gasteiger partial charge < -0.3 is 0 Å². The number of rotatable bonds is 5. The lowest BCUT2D eigenvalue weighted by Crippen LogP contribution is -2.32. The fourth-order valence-corrected chi connectivity index (χ4v) is 2.69. The van der Waals surface area contributed by atoms with Crippen molar-refractivity contribution in [2.24, 2.45) is 5.41 Å². The van der Waals surface area contributed by atoms with E-state index in [9.17, 15) is 8.78 Å². The van der Waals surface area contributed by atoms with Gasteiger partial charge in [-0.1, -0.05) is 62.4 Å². The maximum absolute atomic E-state index is 14.6. The van der Waals surface area contributed by atoms with Crippen molar-refractivity contribution in [2.45, 2.75) is 38.8 Å². The Bertz CT molecular complexity index is 577. The van der Waals surface area contributed by atoms with E-state index in [1.807, 2.05) is 30.3 Å². The Morgan fingerprint density at radius 3 is 2.52 bits per heavy atom. The second-order valence-electron chi connectivity index (χ2n) is 5.45. The minimum atomic E-state index is -1.49. The van der Waals surface area contributed by atoms with Crippen LogP contribution in [0, 0.1) is 17.8 Å². The van der Waals surface area contributed by atoms with Crippen molar-refractivity contribution < 1.29 is 8.78 Å². The lowest BCUT2D eigenvalue weighted by Gasteiger charge is -2.32. The summed E-state index contributed by atoms with van der Waals surface area (Å²) >= 11 is 0. The van der Waals surface area contributed by atoms with Gasteiger partial charge >= 0.3 is 0 Å². The van der Waals surface area contributed by atoms with Gasteiger partial charge in [0.2, 0.25) is 0 Å². The molecule has 1 aliphatic rings. The first kappa shape index (κ1) is 15.5. The average Bonchev–Trinajstić information content (AvgIpc) is 2.51. The largest absolute Gasteiger partial charge is 0.241 e. The predicted molar refractivity (Wildman–Crippen MR) is 83.9 cm³/mol. The standard InChI is InChI=1S/C19H20F2/c1-3-5-9-12-19(4-2)17(20)13-16(14-18(19)21)15-10-7-6-8-11-15/h2,6-8,10-11,13-14,17H,3,5,9,12H2,1H3. The Labute approximate surface area is 125 Å². The molecule has 0 N–H and O–H groups in total. The van der Waals surface area contributed by atoms with Crippen molar-refractivity contribution in [2.75, 3.05) is 0 Å². The predicted octanol–water partition coefficient (Wildman–Crippen LogP) is 5.48. The molecule has 2 rings (SSSR count). The van der Waals surface area contributed by atoms with Crippen LogP contribution in [0.3, 0.4) is 0 Å². The van der Waals surface area contributed by atoms with Crippen molar-refractivity contribution >= 4 is 5.57 Å². The first-order chi connectivity index (χ1) is 10.1. The van der Waals surface area contributed by atoms with Gasteiger partial charge in [-0.2, -0.15) is 0 Å². The zero-order chi connectivity index (χ0) is 15.3. The number of halogens is 2. The van der Waals surface area contributed by atoms with Crippen molar-refractivity contribution in [3.8, 4) is 12.3 Å². The van der Waals surface area contributed by atoms with Crippen molar-refractivity contribution in [3.63, 3.8) is 0 Å². The van der Waals surface area contributed by atoms with Crippen molar-refractivity contribution in [1.29, 1.82) is 0 Å². The van der Waals surface area contributed by atoms with E-state index in [0.29, 0.717) is 12.0 Å². The molecule has 1 aromatic rings. The second-order valence-corrected chi connectivity index (χ2v) is 5.45. The van der Waals surface area contributed by atoms with E-state index in [1.54, 1.807) is 0 Å². The SMILES string of the molecule is C#CC1(CCCCC)C(F)=CC(c2ccccc2)=CC1F. The molecule has 110 valence electrons. The summed E-state index contributed by atoms with van der Waals surface area (Å²) in [5.41, 5.74) is -0.0653. The third-order valence-electron chi connectivity index (χ3n) is 4.04. The monoisotopic (exact) mass is 286 g/mol. The molecule has 1 aromatic carbocycles. The molecule has 0 bridgehead atoms. The lowest BCUT2D eigenvalue weighted by atomic mass is 9.73. The summed E-state index contributed by atoms with van der Waals surface area (Å²) in [6.07, 6.45) is 9.84. The zero-order valence-electron chi connectivity index (χ0n) is 12.3. The molecule has 0 radical (unpaired) electrons. The van der Waals surface area contributed by atoms with Crippen LogP contribution in [-0.4, -0.2) is 6.17 Å². The van der Waals surface area contributed by atoms with E-state index in [2.05, 4.69) is 12.8 Å². The molecule has 2 unspecified atom stereocenters. The fraction of sp³-hybridized carbons (Fsp3) is 0.368. The quantitative estimate of drug-likeness (QED) is 0.497. The molecule has 0 saturated carbocycles. The number of hydrogen-bond acceptors (Lipinski definition) is 0. The molecule has 1 aliphatic carbocycles. The summed E-state index contributed by atoms with van der Waals surface area (Å²) < 4.78 is 29.2. The normalized spacial score (nSPS) is 25.0. The van der Waals surface area contributed by atoms with Gasteiger partial charge in [0.15, 0.2) is 0 Å². The van der Waals surface area contributed by atoms with E-state index in [-0.39, 0.29) is 0 Å². The number of hydrogen-bond donors (Lipinski definition) is 0. The molecular weight excluding hydrogens is 266 g/mol. The highest BCUT2D eigenvalue weighted by Gasteiger charge is 2.43. The highest BCUT2D eigenvalue weighted by atomic mass is 19.1. The summed E-state index contributed by atoms with van der Waals surface area (Å²) in [5, 5.41) is 0. The molecule has 0 aliphatic heterocycles. The van der Waals surface area contributed by atoms with Crippen LogP contribution in [0.4, 0.5) is 8.78 Å². The number of benzene rings is 1. The van der Waals surface area contributed by atoms with Gasteiger partial charge in [0.05, 0.1) is 0 Å². The van der Waals surface area contributed by atoms with Crippen LogP contribution in [0.2, 0.25) is 0 Å². The summed E-state index contributed by atoms with van der Waals surface area (Å²) in [7, 11) is 0. The van der Waals surface area contributed by atoms with Crippen LogP contribution in [0.25, 0.3) is 5.57 Å². The molecule has 0 saturated heterocycles. The highest BCUT2D eigenvalue weighted by molar-refractivity contribution is 5.77. The molecular formula is C19H20F2. The Morgan fingerprint density at radius 2 is 1.95 bits per heavy atom. The maximum Gasteiger partial charge on any atom is 0.142 e. The average molecular weight is 286 g/mol. The minimum Gasteiger partial charge on any atom is -0.241 e. The molecule has 0 heterocycles. The summed E-state index contributed by atoms with van der Waals surface area (Å²) in [6, 6.07) is 9.24. The smallest absolute Gasteiger partial charge is 0.142 e. The molecule has 0 nitrogen and oxygen atoms in total. The molecule has 21 heavy (non-hydrogen) atoms. The summed E-state index contributed by atoms with van der Waals surface area (Å²) in [6.45, 7) is 2.05. The number of alkyl halides is 1. The molecule has 2 atom stereocenters. The molecule has 0 aromatic heterocycles. The fourth-order valence-electron chi connectivity index (χ4n) is 2.69. The van der Waals surface area contributed by atoms with Crippen molar-refractivity contribution in [1.82, 2.24) is 0 Å². The van der Waals surface area contributed by atoms with Crippen LogP contribution in [0.5, 0.6) is 0 Å². The van der Waals surface area contributed by atoms with Gasteiger partial charge in [0.25, 0.3) is 0 Å². The van der Waals surface area contributed by atoms with Gasteiger partial charge in [0, 0.05) is 0 Å². The second kappa shape index (κ2) is 6.72. The van der Waals surface area contributed by atoms with Gasteiger partial charge in [-0.3, -0.25) is 0 Å². The lowest BCUT2D eigenvalue weighted by molar-refractivity contribution is 0.196. The van der Waals surface area contributed by atoms with E-state index in [1.165, 1.54) is 12.2 Å². The molecule has 2 heteroatoms. The third kappa shape index (κ3) is 3.08. The van der Waals surface area contributed by atoms with Crippen LogP contribution in [0.1, 0.15) is 38.2 Å². The third-order valence-corrected chi connectivity index (χ3v) is 4.04. The van der Waals surface area contributed by atoms with Crippen LogP contribution in [-0.2, 0) is 0 Å². The minimum absolute atomic E-state index is 0.347. The first-order valence-corrected chi connectivity index (χ1v) is 7.41. The number of terminal acetylenes is 1. The summed E-state index contributed by atoms with van der Waals surface area (Å²) in [5.74, 6) is 1.85. The Morgan fingerprint density at radius 1 is 1.24 bits per heavy atom. The summed E-state index contributed by atoms with van der Waals surface area (Å²) in [4.78, 5) is 0.